The van der Waals surface area contributed by atoms with E-state index < -0.39 is 0 Å². The van der Waals surface area contributed by atoms with Gasteiger partial charge in [-0.25, -0.2) is 0 Å². The number of hydrogen-bond acceptors (Lipinski definition) is 2. The third kappa shape index (κ3) is 3.23. The minimum absolute atomic E-state index is 0.727. The van der Waals surface area contributed by atoms with E-state index in [0.717, 1.165) is 32.4 Å². The first kappa shape index (κ1) is 8.34. The zero-order valence-corrected chi connectivity index (χ0v) is 6.75. The molecule has 2 N–H and O–H groups in total. The Labute approximate surface area is 67.7 Å². The highest BCUT2D eigenvalue weighted by atomic mass is 16.5. The lowest BCUT2D eigenvalue weighted by molar-refractivity contribution is 0.227. The van der Waals surface area contributed by atoms with Crippen molar-refractivity contribution < 1.29 is 4.74 Å². The smallest absolute Gasteiger partial charge is 0.0876 e. The van der Waals surface area contributed by atoms with Crippen molar-refractivity contribution >= 4 is 0 Å². The van der Waals surface area contributed by atoms with Gasteiger partial charge in [0.2, 0.25) is 0 Å². The molecular weight excluding hydrogens is 138 g/mol. The summed E-state index contributed by atoms with van der Waals surface area (Å²) in [4.78, 5) is 0. The van der Waals surface area contributed by atoms with E-state index in [0.29, 0.717) is 0 Å². The molecular formula is C9H15NO. The first-order valence-corrected chi connectivity index (χ1v) is 4.11. The molecule has 0 saturated carbocycles. The standard InChI is InChI=1S/C9H15NO/c10-6-2-1-4-9-5-3-7-11-8-9/h1,4,8H,2-3,5-7,10H2/b4-1+. The normalized spacial score (nSPS) is 18.1. The molecule has 1 aliphatic heterocycles. The Morgan fingerprint density at radius 2 is 2.55 bits per heavy atom. The molecule has 2 heteroatoms. The van der Waals surface area contributed by atoms with Gasteiger partial charge in [0.1, 0.15) is 0 Å². The summed E-state index contributed by atoms with van der Waals surface area (Å²) in [6.45, 7) is 1.60. The molecule has 0 amide bonds. The van der Waals surface area contributed by atoms with Gasteiger partial charge in [0.25, 0.3) is 0 Å². The molecule has 0 fully saturated rings. The zero-order chi connectivity index (χ0) is 7.94. The summed E-state index contributed by atoms with van der Waals surface area (Å²) in [5, 5.41) is 0. The van der Waals surface area contributed by atoms with Gasteiger partial charge < -0.3 is 10.5 Å². The molecule has 0 aromatic carbocycles. The van der Waals surface area contributed by atoms with Crippen LogP contribution in [0.3, 0.4) is 0 Å². The molecule has 2 nitrogen and oxygen atoms in total. The molecule has 0 bridgehead atoms. The Hall–Kier alpha value is -0.760. The number of hydrogen-bond donors (Lipinski definition) is 1. The third-order valence-corrected chi connectivity index (χ3v) is 1.63. The Morgan fingerprint density at radius 1 is 1.64 bits per heavy atom. The van der Waals surface area contributed by atoms with Crippen LogP contribution in [-0.2, 0) is 4.74 Å². The van der Waals surface area contributed by atoms with Crippen LogP contribution < -0.4 is 5.73 Å². The molecule has 1 heterocycles. The van der Waals surface area contributed by atoms with Crippen molar-refractivity contribution in [2.24, 2.45) is 5.73 Å². The minimum atomic E-state index is 0.727. The fraction of sp³-hybridized carbons (Fsp3) is 0.556. The minimum Gasteiger partial charge on any atom is -0.501 e. The maximum Gasteiger partial charge on any atom is 0.0876 e. The maximum absolute atomic E-state index is 5.34. The van der Waals surface area contributed by atoms with Crippen molar-refractivity contribution in [1.82, 2.24) is 0 Å². The van der Waals surface area contributed by atoms with Crippen LogP contribution in [-0.4, -0.2) is 13.2 Å². The van der Waals surface area contributed by atoms with Crippen LogP contribution >= 0.6 is 0 Å². The first-order valence-electron chi connectivity index (χ1n) is 4.11. The Balaban J connectivity index is 2.29. The van der Waals surface area contributed by atoms with E-state index in [9.17, 15) is 0 Å². The van der Waals surface area contributed by atoms with Crippen molar-refractivity contribution in [2.45, 2.75) is 19.3 Å². The van der Waals surface area contributed by atoms with Gasteiger partial charge in [-0.3, -0.25) is 0 Å². The lowest BCUT2D eigenvalue weighted by Crippen LogP contribution is -1.98. The fourth-order valence-electron chi connectivity index (χ4n) is 1.04. The summed E-state index contributed by atoms with van der Waals surface area (Å²) in [6, 6.07) is 0. The maximum atomic E-state index is 5.34. The molecule has 0 radical (unpaired) electrons. The third-order valence-electron chi connectivity index (χ3n) is 1.63. The summed E-state index contributed by atoms with van der Waals surface area (Å²) >= 11 is 0. The quantitative estimate of drug-likeness (QED) is 0.668. The fourth-order valence-corrected chi connectivity index (χ4v) is 1.04. The van der Waals surface area contributed by atoms with Gasteiger partial charge in [0.15, 0.2) is 0 Å². The predicted molar refractivity (Wildman–Crippen MR) is 46.1 cm³/mol. The van der Waals surface area contributed by atoms with Gasteiger partial charge in [-0.2, -0.15) is 0 Å². The molecule has 0 atom stereocenters. The molecule has 0 aliphatic carbocycles. The molecule has 11 heavy (non-hydrogen) atoms. The Bertz CT molecular complexity index is 161. The predicted octanol–water partition coefficient (Wildman–Crippen LogP) is 1.59. The van der Waals surface area contributed by atoms with Crippen LogP contribution in [0, 0.1) is 0 Å². The average molecular weight is 153 g/mol. The van der Waals surface area contributed by atoms with Crippen molar-refractivity contribution in [2.75, 3.05) is 13.2 Å². The molecule has 0 aromatic heterocycles. The molecule has 0 saturated heterocycles. The van der Waals surface area contributed by atoms with E-state index in [1.165, 1.54) is 5.57 Å². The summed E-state index contributed by atoms with van der Waals surface area (Å²) < 4.78 is 5.17. The number of ether oxygens (including phenoxy) is 1. The summed E-state index contributed by atoms with van der Waals surface area (Å²) in [7, 11) is 0. The van der Waals surface area contributed by atoms with E-state index in [4.69, 9.17) is 10.5 Å². The van der Waals surface area contributed by atoms with Crippen LogP contribution in [0.1, 0.15) is 19.3 Å². The SMILES string of the molecule is NCC/C=C/C1=COCCC1. The van der Waals surface area contributed by atoms with Crippen molar-refractivity contribution in [1.29, 1.82) is 0 Å². The van der Waals surface area contributed by atoms with Gasteiger partial charge in [-0.1, -0.05) is 12.2 Å². The molecule has 62 valence electrons. The topological polar surface area (TPSA) is 35.2 Å². The average Bonchev–Trinajstić information content (AvgIpc) is 2.07. The monoisotopic (exact) mass is 153 g/mol. The van der Waals surface area contributed by atoms with Crippen LogP contribution in [0.25, 0.3) is 0 Å². The molecule has 0 aromatic rings. The van der Waals surface area contributed by atoms with Gasteiger partial charge >= 0.3 is 0 Å². The van der Waals surface area contributed by atoms with E-state index in [1.54, 1.807) is 0 Å². The van der Waals surface area contributed by atoms with E-state index in [1.807, 2.05) is 6.26 Å². The van der Waals surface area contributed by atoms with E-state index in [2.05, 4.69) is 12.2 Å². The highest BCUT2D eigenvalue weighted by Gasteiger charge is 1.98. The van der Waals surface area contributed by atoms with E-state index in [-0.39, 0.29) is 0 Å². The summed E-state index contributed by atoms with van der Waals surface area (Å²) in [5.74, 6) is 0. The Kier molecular flexibility index (Phi) is 3.76. The molecule has 0 unspecified atom stereocenters. The van der Waals surface area contributed by atoms with Crippen LogP contribution in [0.4, 0.5) is 0 Å². The molecule has 0 spiro atoms. The largest absolute Gasteiger partial charge is 0.501 e. The van der Waals surface area contributed by atoms with Crippen molar-refractivity contribution in [3.63, 3.8) is 0 Å². The number of nitrogens with two attached hydrogens (primary N) is 1. The lowest BCUT2D eigenvalue weighted by atomic mass is 10.1. The first-order chi connectivity index (χ1) is 5.43. The second-order valence-corrected chi connectivity index (χ2v) is 2.65. The van der Waals surface area contributed by atoms with Gasteiger partial charge in [0, 0.05) is 0 Å². The summed E-state index contributed by atoms with van der Waals surface area (Å²) in [5.41, 5.74) is 6.62. The van der Waals surface area contributed by atoms with Gasteiger partial charge in [-0.15, -0.1) is 0 Å². The highest BCUT2D eigenvalue weighted by Crippen LogP contribution is 2.12. The zero-order valence-electron chi connectivity index (χ0n) is 6.75. The molecule has 1 aliphatic rings. The van der Waals surface area contributed by atoms with Crippen LogP contribution in [0.15, 0.2) is 24.0 Å². The Morgan fingerprint density at radius 3 is 3.18 bits per heavy atom. The summed E-state index contributed by atoms with van der Waals surface area (Å²) in [6.07, 6.45) is 9.28. The number of allylic oxidation sites excluding steroid dienone is 2. The molecule has 1 rings (SSSR count). The number of rotatable bonds is 3. The van der Waals surface area contributed by atoms with Gasteiger partial charge in [-0.05, 0) is 31.4 Å². The van der Waals surface area contributed by atoms with Crippen LogP contribution in [0.5, 0.6) is 0 Å². The van der Waals surface area contributed by atoms with Crippen LogP contribution in [0.2, 0.25) is 0 Å². The second kappa shape index (κ2) is 4.97. The van der Waals surface area contributed by atoms with Gasteiger partial charge in [0.05, 0.1) is 12.9 Å². The van der Waals surface area contributed by atoms with E-state index >= 15 is 0 Å². The van der Waals surface area contributed by atoms with Crippen molar-refractivity contribution in [3.05, 3.63) is 24.0 Å². The second-order valence-electron chi connectivity index (χ2n) is 2.65. The highest BCUT2D eigenvalue weighted by molar-refractivity contribution is 5.17. The van der Waals surface area contributed by atoms with Crippen molar-refractivity contribution in [3.8, 4) is 0 Å². The lowest BCUT2D eigenvalue weighted by Gasteiger charge is -2.09.